The lowest BCUT2D eigenvalue weighted by Crippen LogP contribution is -1.94. The predicted octanol–water partition coefficient (Wildman–Crippen LogP) is 3.08. The molecule has 0 radical (unpaired) electrons. The molecule has 0 aliphatic heterocycles. The first-order valence-corrected chi connectivity index (χ1v) is 4.28. The molecule has 0 spiro atoms. The fraction of sp³-hybridized carbons (Fsp3) is 0.182. The van der Waals surface area contributed by atoms with Crippen molar-refractivity contribution in [2.75, 3.05) is 0 Å². The maximum absolute atomic E-state index is 13.1. The molecule has 0 fully saturated rings. The van der Waals surface area contributed by atoms with Gasteiger partial charge >= 0.3 is 0 Å². The summed E-state index contributed by atoms with van der Waals surface area (Å²) in [7, 11) is 0. The summed E-state index contributed by atoms with van der Waals surface area (Å²) in [6.07, 6.45) is 1.52. The van der Waals surface area contributed by atoms with E-state index in [-0.39, 0.29) is 5.78 Å². The van der Waals surface area contributed by atoms with E-state index in [0.717, 1.165) is 5.56 Å². The summed E-state index contributed by atoms with van der Waals surface area (Å²) in [5.74, 6) is -0.601. The second kappa shape index (κ2) is 2.94. The smallest absolute Gasteiger partial charge is 0.160 e. The zero-order valence-corrected chi connectivity index (χ0v) is 7.93. The van der Waals surface area contributed by atoms with Gasteiger partial charge in [0.15, 0.2) is 5.78 Å². The highest BCUT2D eigenvalue weighted by Gasteiger charge is 2.12. The number of hydrogen-bond acceptors (Lipinski definition) is 2. The van der Waals surface area contributed by atoms with Gasteiger partial charge in [-0.25, -0.2) is 4.39 Å². The third-order valence-electron chi connectivity index (χ3n) is 2.20. The minimum absolute atomic E-state index is 0.154. The second-order valence-electron chi connectivity index (χ2n) is 3.30. The van der Waals surface area contributed by atoms with Crippen LogP contribution in [0.25, 0.3) is 11.0 Å². The third kappa shape index (κ3) is 1.21. The lowest BCUT2D eigenvalue weighted by atomic mass is 10.0. The molecule has 1 aromatic carbocycles. The molecule has 2 aromatic rings. The number of fused-ring (bicyclic) bond motifs is 1. The topological polar surface area (TPSA) is 30.2 Å². The van der Waals surface area contributed by atoms with Gasteiger partial charge < -0.3 is 4.42 Å². The number of ketones is 1. The van der Waals surface area contributed by atoms with Gasteiger partial charge in [0, 0.05) is 17.0 Å². The van der Waals surface area contributed by atoms with Crippen molar-refractivity contribution in [3.05, 3.63) is 35.3 Å². The fourth-order valence-electron chi connectivity index (χ4n) is 1.57. The molecule has 0 unspecified atom stereocenters. The van der Waals surface area contributed by atoms with Crippen molar-refractivity contribution >= 4 is 16.8 Å². The molecule has 0 bridgehead atoms. The molecule has 2 nitrogen and oxygen atoms in total. The molecule has 0 amide bonds. The fourth-order valence-corrected chi connectivity index (χ4v) is 1.57. The minimum atomic E-state index is -0.447. The van der Waals surface area contributed by atoms with Crippen LogP contribution in [0.5, 0.6) is 0 Å². The Kier molecular flexibility index (Phi) is 1.88. The summed E-state index contributed by atoms with van der Waals surface area (Å²) in [5, 5.41) is 0.707. The Morgan fingerprint density at radius 1 is 1.43 bits per heavy atom. The summed E-state index contributed by atoms with van der Waals surface area (Å²) < 4.78 is 18.2. The molecule has 72 valence electrons. The maximum Gasteiger partial charge on any atom is 0.160 e. The quantitative estimate of drug-likeness (QED) is 0.650. The number of hydrogen-bond donors (Lipinski definition) is 0. The number of halogens is 1. The number of furan rings is 1. The zero-order valence-electron chi connectivity index (χ0n) is 7.93. The molecule has 0 aliphatic rings. The number of Topliss-reactive ketones (excluding diaryl/α,β-unsaturated/α-hetero) is 1. The van der Waals surface area contributed by atoms with E-state index in [1.54, 1.807) is 0 Å². The SMILES string of the molecule is CC(=O)c1cc(F)cc2occ(C)c12. The molecule has 0 aliphatic carbocycles. The van der Waals surface area contributed by atoms with Gasteiger partial charge in [-0.05, 0) is 25.5 Å². The number of rotatable bonds is 1. The maximum atomic E-state index is 13.1. The second-order valence-corrected chi connectivity index (χ2v) is 3.30. The average molecular weight is 192 g/mol. The summed E-state index contributed by atoms with van der Waals surface area (Å²) >= 11 is 0. The van der Waals surface area contributed by atoms with Gasteiger partial charge in [0.2, 0.25) is 0 Å². The summed E-state index contributed by atoms with van der Waals surface area (Å²) in [6.45, 7) is 3.25. The summed E-state index contributed by atoms with van der Waals surface area (Å²) in [5.41, 5.74) is 1.66. The molecular formula is C11H9FO2. The van der Waals surface area contributed by atoms with Gasteiger partial charge in [0.1, 0.15) is 11.4 Å². The molecule has 2 rings (SSSR count). The van der Waals surface area contributed by atoms with Crippen LogP contribution in [0.3, 0.4) is 0 Å². The number of carbonyl (C=O) groups excluding carboxylic acids is 1. The largest absolute Gasteiger partial charge is 0.464 e. The Balaban J connectivity index is 2.90. The predicted molar refractivity (Wildman–Crippen MR) is 50.9 cm³/mol. The van der Waals surface area contributed by atoms with Crippen molar-refractivity contribution < 1.29 is 13.6 Å². The standard InChI is InChI=1S/C11H9FO2/c1-6-5-14-10-4-8(12)3-9(7(2)13)11(6)10/h3-5H,1-2H3. The van der Waals surface area contributed by atoms with E-state index in [4.69, 9.17) is 4.42 Å². The first-order valence-electron chi connectivity index (χ1n) is 4.28. The van der Waals surface area contributed by atoms with Crippen LogP contribution >= 0.6 is 0 Å². The van der Waals surface area contributed by atoms with E-state index in [1.165, 1.54) is 25.3 Å². The molecule has 0 N–H and O–H groups in total. The van der Waals surface area contributed by atoms with Crippen molar-refractivity contribution in [2.45, 2.75) is 13.8 Å². The van der Waals surface area contributed by atoms with Gasteiger partial charge in [0.05, 0.1) is 6.26 Å². The van der Waals surface area contributed by atoms with Crippen molar-refractivity contribution in [2.24, 2.45) is 0 Å². The number of aryl methyl sites for hydroxylation is 1. The van der Waals surface area contributed by atoms with E-state index in [1.807, 2.05) is 6.92 Å². The Hall–Kier alpha value is -1.64. The van der Waals surface area contributed by atoms with Crippen LogP contribution in [0.4, 0.5) is 4.39 Å². The van der Waals surface area contributed by atoms with Crippen LogP contribution in [-0.2, 0) is 0 Å². The van der Waals surface area contributed by atoms with Gasteiger partial charge in [-0.15, -0.1) is 0 Å². The van der Waals surface area contributed by atoms with Crippen LogP contribution in [0.2, 0.25) is 0 Å². The molecule has 3 heteroatoms. The first-order chi connectivity index (χ1) is 6.59. The van der Waals surface area contributed by atoms with Crippen molar-refractivity contribution in [3.8, 4) is 0 Å². The highest BCUT2D eigenvalue weighted by Crippen LogP contribution is 2.26. The highest BCUT2D eigenvalue weighted by molar-refractivity contribution is 6.07. The van der Waals surface area contributed by atoms with Crippen molar-refractivity contribution in [1.29, 1.82) is 0 Å². The minimum Gasteiger partial charge on any atom is -0.464 e. The number of benzene rings is 1. The van der Waals surface area contributed by atoms with Gasteiger partial charge in [0.25, 0.3) is 0 Å². The van der Waals surface area contributed by atoms with E-state index in [9.17, 15) is 9.18 Å². The molecule has 0 saturated heterocycles. The van der Waals surface area contributed by atoms with Crippen molar-refractivity contribution in [1.82, 2.24) is 0 Å². The monoisotopic (exact) mass is 192 g/mol. The van der Waals surface area contributed by atoms with Gasteiger partial charge in [-0.2, -0.15) is 0 Å². The van der Waals surface area contributed by atoms with Crippen LogP contribution in [-0.4, -0.2) is 5.78 Å². The molecular weight excluding hydrogens is 183 g/mol. The normalized spacial score (nSPS) is 10.8. The Morgan fingerprint density at radius 2 is 2.14 bits per heavy atom. The third-order valence-corrected chi connectivity index (χ3v) is 2.20. The van der Waals surface area contributed by atoms with Gasteiger partial charge in [-0.3, -0.25) is 4.79 Å². The van der Waals surface area contributed by atoms with E-state index < -0.39 is 5.82 Å². The zero-order chi connectivity index (χ0) is 10.3. The average Bonchev–Trinajstić information content (AvgIpc) is 2.46. The molecule has 0 saturated carbocycles. The number of carbonyl (C=O) groups is 1. The van der Waals surface area contributed by atoms with Crippen LogP contribution in [0.1, 0.15) is 22.8 Å². The Labute approximate surface area is 80.3 Å². The van der Waals surface area contributed by atoms with Crippen molar-refractivity contribution in [3.63, 3.8) is 0 Å². The Morgan fingerprint density at radius 3 is 2.79 bits per heavy atom. The summed E-state index contributed by atoms with van der Waals surface area (Å²) in [4.78, 5) is 11.3. The van der Waals surface area contributed by atoms with Crippen LogP contribution in [0.15, 0.2) is 22.8 Å². The molecule has 14 heavy (non-hydrogen) atoms. The van der Waals surface area contributed by atoms with E-state index in [0.29, 0.717) is 16.5 Å². The van der Waals surface area contributed by atoms with E-state index in [2.05, 4.69) is 0 Å². The highest BCUT2D eigenvalue weighted by atomic mass is 19.1. The van der Waals surface area contributed by atoms with E-state index >= 15 is 0 Å². The lowest BCUT2D eigenvalue weighted by molar-refractivity contribution is 0.101. The van der Waals surface area contributed by atoms with Crippen LogP contribution in [0, 0.1) is 12.7 Å². The molecule has 1 heterocycles. The Bertz CT molecular complexity index is 511. The molecule has 1 aromatic heterocycles. The first kappa shape index (κ1) is 8.94. The van der Waals surface area contributed by atoms with Crippen LogP contribution < -0.4 is 0 Å². The summed E-state index contributed by atoms with van der Waals surface area (Å²) in [6, 6.07) is 2.53. The lowest BCUT2D eigenvalue weighted by Gasteiger charge is -1.99. The van der Waals surface area contributed by atoms with Gasteiger partial charge in [-0.1, -0.05) is 0 Å². The molecule has 0 atom stereocenters.